The van der Waals surface area contributed by atoms with Gasteiger partial charge < -0.3 is 9.26 Å². The number of hydroxylamine groups is 2. The number of hydrogen-bond acceptors (Lipinski definition) is 6. The van der Waals surface area contributed by atoms with Gasteiger partial charge in [0.15, 0.2) is 0 Å². The molecule has 24 heavy (non-hydrogen) atoms. The standard InChI is InChI=1S/C15H21N2O6P/c1-11-6-3-4-7-12(11)23-24(21,16-10-14(18)22-2)13-8-5-9-17(20)15(13)19/h3-4,6-7,13,20H,5,8-10H2,1-2H3,(H,16,21)/t13-,24?/m0/s1. The van der Waals surface area contributed by atoms with Crippen LogP contribution in [0.3, 0.4) is 0 Å². The predicted molar refractivity (Wildman–Crippen MR) is 86.0 cm³/mol. The summed E-state index contributed by atoms with van der Waals surface area (Å²) in [6, 6.07) is 6.93. The van der Waals surface area contributed by atoms with E-state index in [1.165, 1.54) is 7.11 Å². The lowest BCUT2D eigenvalue weighted by Crippen LogP contribution is -2.45. The summed E-state index contributed by atoms with van der Waals surface area (Å²) in [6.45, 7) is 1.59. The molecule has 1 fully saturated rings. The molecule has 1 heterocycles. The van der Waals surface area contributed by atoms with E-state index in [2.05, 4.69) is 9.82 Å². The van der Waals surface area contributed by atoms with E-state index in [-0.39, 0.29) is 19.5 Å². The van der Waals surface area contributed by atoms with Gasteiger partial charge in [-0.05, 0) is 31.4 Å². The molecule has 132 valence electrons. The monoisotopic (exact) mass is 356 g/mol. The summed E-state index contributed by atoms with van der Waals surface area (Å²) >= 11 is 0. The summed E-state index contributed by atoms with van der Waals surface area (Å²) in [5.74, 6) is -0.968. The van der Waals surface area contributed by atoms with Crippen LogP contribution in [0.1, 0.15) is 18.4 Å². The van der Waals surface area contributed by atoms with Crippen LogP contribution in [0.25, 0.3) is 0 Å². The number of carbonyl (C=O) groups excluding carboxylic acids is 2. The Balaban J connectivity index is 2.30. The summed E-state index contributed by atoms with van der Waals surface area (Å²) in [5, 5.41) is 12.7. The lowest BCUT2D eigenvalue weighted by Gasteiger charge is -2.33. The number of aryl methyl sites for hydroxylation is 1. The van der Waals surface area contributed by atoms with Gasteiger partial charge in [0.2, 0.25) is 0 Å². The first kappa shape index (κ1) is 18.4. The van der Waals surface area contributed by atoms with Gasteiger partial charge in [0.25, 0.3) is 5.91 Å². The van der Waals surface area contributed by atoms with Crippen LogP contribution < -0.4 is 9.61 Å². The Labute approximate surface area is 140 Å². The fourth-order valence-corrected chi connectivity index (χ4v) is 4.62. The third-order valence-electron chi connectivity index (χ3n) is 3.80. The summed E-state index contributed by atoms with van der Waals surface area (Å²) in [6.07, 6.45) is 0.765. The molecular formula is C15H21N2O6P. The number of esters is 1. The van der Waals surface area contributed by atoms with Crippen molar-refractivity contribution in [2.45, 2.75) is 25.4 Å². The minimum Gasteiger partial charge on any atom is -0.468 e. The minimum atomic E-state index is -3.81. The quantitative estimate of drug-likeness (QED) is 0.454. The molecule has 8 nitrogen and oxygen atoms in total. The molecule has 9 heteroatoms. The van der Waals surface area contributed by atoms with Crippen LogP contribution >= 0.6 is 7.52 Å². The van der Waals surface area contributed by atoms with Gasteiger partial charge in [-0.3, -0.25) is 19.4 Å². The van der Waals surface area contributed by atoms with Gasteiger partial charge in [0.05, 0.1) is 7.11 Å². The van der Waals surface area contributed by atoms with Crippen LogP contribution in [0.4, 0.5) is 0 Å². The van der Waals surface area contributed by atoms with Gasteiger partial charge in [0.1, 0.15) is 18.0 Å². The summed E-state index contributed by atoms with van der Waals surface area (Å²) in [5.41, 5.74) is -0.331. The topological polar surface area (TPSA) is 105 Å². The molecule has 1 amide bonds. The van der Waals surface area contributed by atoms with Gasteiger partial charge in [-0.1, -0.05) is 18.2 Å². The molecular weight excluding hydrogens is 335 g/mol. The third kappa shape index (κ3) is 4.14. The number of nitrogens with one attached hydrogen (secondary N) is 1. The van der Waals surface area contributed by atoms with Crippen molar-refractivity contribution in [2.24, 2.45) is 0 Å². The van der Waals surface area contributed by atoms with E-state index >= 15 is 0 Å². The molecule has 0 bridgehead atoms. The van der Waals surface area contributed by atoms with Gasteiger partial charge in [-0.2, -0.15) is 0 Å². The maximum atomic E-state index is 13.4. The van der Waals surface area contributed by atoms with Crippen molar-refractivity contribution in [1.82, 2.24) is 10.2 Å². The lowest BCUT2D eigenvalue weighted by atomic mass is 10.1. The number of benzene rings is 1. The molecule has 0 spiro atoms. The Bertz CT molecular complexity index is 665. The molecule has 0 aromatic heterocycles. The van der Waals surface area contributed by atoms with Crippen molar-refractivity contribution in [1.29, 1.82) is 0 Å². The SMILES string of the molecule is COC(=O)CNP(=O)(Oc1ccccc1C)[C@H]1CCCN(O)C1=O. The van der Waals surface area contributed by atoms with Crippen molar-refractivity contribution in [3.63, 3.8) is 0 Å². The number of piperidine rings is 1. The number of ether oxygens (including phenoxy) is 1. The highest BCUT2D eigenvalue weighted by atomic mass is 31.2. The minimum absolute atomic E-state index is 0.177. The molecule has 0 aliphatic carbocycles. The number of para-hydroxylation sites is 1. The van der Waals surface area contributed by atoms with Crippen molar-refractivity contribution in [2.75, 3.05) is 20.2 Å². The highest BCUT2D eigenvalue weighted by Gasteiger charge is 2.45. The molecule has 1 saturated heterocycles. The van der Waals surface area contributed by atoms with Gasteiger partial charge >= 0.3 is 13.5 Å². The Morgan fingerprint density at radius 3 is 2.83 bits per heavy atom. The average molecular weight is 356 g/mol. The van der Waals surface area contributed by atoms with E-state index in [9.17, 15) is 19.4 Å². The Morgan fingerprint density at radius 2 is 2.17 bits per heavy atom. The molecule has 0 saturated carbocycles. The molecule has 1 aromatic carbocycles. The van der Waals surface area contributed by atoms with E-state index < -0.39 is 25.1 Å². The Hall–Kier alpha value is -1.89. The molecule has 2 N–H and O–H groups in total. The van der Waals surface area contributed by atoms with Gasteiger partial charge in [-0.25, -0.2) is 10.2 Å². The molecule has 2 rings (SSSR count). The van der Waals surface area contributed by atoms with E-state index in [1.54, 1.807) is 31.2 Å². The molecule has 2 atom stereocenters. The summed E-state index contributed by atoms with van der Waals surface area (Å²) in [4.78, 5) is 23.6. The fourth-order valence-electron chi connectivity index (χ4n) is 2.41. The number of amides is 1. The number of nitrogens with zero attached hydrogens (tertiary/aromatic N) is 1. The van der Waals surface area contributed by atoms with Crippen LogP contribution in [-0.2, 0) is 18.9 Å². The zero-order valence-corrected chi connectivity index (χ0v) is 14.5. The van der Waals surface area contributed by atoms with E-state index in [4.69, 9.17) is 4.52 Å². The Morgan fingerprint density at radius 1 is 1.46 bits per heavy atom. The van der Waals surface area contributed by atoms with Crippen LogP contribution in [-0.4, -0.2) is 48.0 Å². The van der Waals surface area contributed by atoms with E-state index in [1.807, 2.05) is 0 Å². The third-order valence-corrected chi connectivity index (χ3v) is 6.16. The largest absolute Gasteiger partial charge is 0.468 e. The fraction of sp³-hybridized carbons (Fsp3) is 0.467. The number of carbonyl (C=O) groups is 2. The molecule has 0 radical (unpaired) electrons. The van der Waals surface area contributed by atoms with Crippen LogP contribution in [0.15, 0.2) is 24.3 Å². The summed E-state index contributed by atoms with van der Waals surface area (Å²) in [7, 11) is -2.60. The first-order valence-electron chi connectivity index (χ1n) is 7.54. The zero-order chi connectivity index (χ0) is 17.7. The Kier molecular flexibility index (Phi) is 5.99. The summed E-state index contributed by atoms with van der Waals surface area (Å²) < 4.78 is 23.6. The van der Waals surface area contributed by atoms with Crippen molar-refractivity contribution in [3.05, 3.63) is 29.8 Å². The molecule has 1 aromatic rings. The average Bonchev–Trinajstić information content (AvgIpc) is 2.57. The van der Waals surface area contributed by atoms with E-state index in [0.717, 1.165) is 5.56 Å². The second-order valence-electron chi connectivity index (χ2n) is 5.48. The molecule has 1 aliphatic heterocycles. The second kappa shape index (κ2) is 7.79. The van der Waals surface area contributed by atoms with Crippen molar-refractivity contribution < 1.29 is 28.6 Å². The van der Waals surface area contributed by atoms with Gasteiger partial charge in [0, 0.05) is 6.54 Å². The zero-order valence-electron chi connectivity index (χ0n) is 13.6. The number of rotatable bonds is 6. The van der Waals surface area contributed by atoms with Crippen LogP contribution in [0.2, 0.25) is 0 Å². The smallest absolute Gasteiger partial charge is 0.329 e. The molecule has 1 unspecified atom stereocenters. The first-order valence-corrected chi connectivity index (χ1v) is 9.24. The normalized spacial score (nSPS) is 20.4. The van der Waals surface area contributed by atoms with Crippen molar-refractivity contribution in [3.8, 4) is 5.75 Å². The maximum absolute atomic E-state index is 13.4. The van der Waals surface area contributed by atoms with Gasteiger partial charge in [-0.15, -0.1) is 0 Å². The van der Waals surface area contributed by atoms with E-state index in [0.29, 0.717) is 17.2 Å². The maximum Gasteiger partial charge on any atom is 0.329 e. The van der Waals surface area contributed by atoms with Crippen molar-refractivity contribution >= 4 is 19.4 Å². The first-order chi connectivity index (χ1) is 11.4. The molecule has 1 aliphatic rings. The second-order valence-corrected chi connectivity index (χ2v) is 7.80. The van der Waals surface area contributed by atoms with Crippen LogP contribution in [0, 0.1) is 6.92 Å². The predicted octanol–water partition coefficient (Wildman–Crippen LogP) is 1.71. The van der Waals surface area contributed by atoms with Crippen LogP contribution in [0.5, 0.6) is 5.75 Å². The highest BCUT2D eigenvalue weighted by molar-refractivity contribution is 7.59. The lowest BCUT2D eigenvalue weighted by molar-refractivity contribution is -0.169. The number of hydrogen-bond donors (Lipinski definition) is 2. The highest BCUT2D eigenvalue weighted by Crippen LogP contribution is 2.51. The number of methoxy groups -OCH3 is 1.